The first-order valence-corrected chi connectivity index (χ1v) is 8.29. The highest BCUT2D eigenvalue weighted by molar-refractivity contribution is 5.85. The number of aryl methyl sites for hydroxylation is 1. The maximum atomic E-state index is 13.1. The largest absolute Gasteiger partial charge is 0.336 e. The fourth-order valence-corrected chi connectivity index (χ4v) is 3.22. The topological polar surface area (TPSA) is 50.2 Å². The molecule has 1 N–H and O–H groups in total. The molecule has 136 valence electrons. The Hall–Kier alpha value is -1.92. The van der Waals surface area contributed by atoms with Gasteiger partial charge in [-0.25, -0.2) is 9.37 Å². The van der Waals surface area contributed by atoms with E-state index in [2.05, 4.69) is 10.3 Å². The number of carbonyl (C=O) groups excluding carboxylic acids is 1. The van der Waals surface area contributed by atoms with E-state index in [0.29, 0.717) is 19.5 Å². The van der Waals surface area contributed by atoms with Crippen molar-refractivity contribution in [3.8, 4) is 0 Å². The first-order chi connectivity index (χ1) is 11.6. The minimum Gasteiger partial charge on any atom is -0.336 e. The lowest BCUT2D eigenvalue weighted by Crippen LogP contribution is -2.49. The van der Waals surface area contributed by atoms with Gasteiger partial charge in [0.1, 0.15) is 17.7 Å². The van der Waals surface area contributed by atoms with Gasteiger partial charge in [-0.05, 0) is 23.6 Å². The molecule has 1 fully saturated rings. The van der Waals surface area contributed by atoms with Crippen molar-refractivity contribution >= 4 is 18.3 Å². The summed E-state index contributed by atoms with van der Waals surface area (Å²) >= 11 is 0. The zero-order valence-corrected chi connectivity index (χ0v) is 15.3. The van der Waals surface area contributed by atoms with E-state index in [-0.39, 0.29) is 36.1 Å². The first kappa shape index (κ1) is 19.4. The van der Waals surface area contributed by atoms with E-state index in [4.69, 9.17) is 0 Å². The number of piperazine rings is 1. The van der Waals surface area contributed by atoms with Gasteiger partial charge in [-0.1, -0.05) is 19.1 Å². The molecule has 25 heavy (non-hydrogen) atoms. The van der Waals surface area contributed by atoms with Crippen LogP contribution in [0.25, 0.3) is 0 Å². The van der Waals surface area contributed by atoms with Crippen LogP contribution in [0, 0.1) is 5.82 Å². The number of imidazole rings is 1. The number of nitrogens with one attached hydrogen (secondary N) is 1. The van der Waals surface area contributed by atoms with Gasteiger partial charge < -0.3 is 14.8 Å². The van der Waals surface area contributed by atoms with E-state index >= 15 is 0 Å². The number of hydrogen-bond acceptors (Lipinski definition) is 3. The predicted octanol–water partition coefficient (Wildman–Crippen LogP) is 2.65. The maximum Gasteiger partial charge on any atom is 0.223 e. The summed E-state index contributed by atoms with van der Waals surface area (Å²) in [7, 11) is 1.95. The van der Waals surface area contributed by atoms with Crippen molar-refractivity contribution in [1.82, 2.24) is 19.8 Å². The van der Waals surface area contributed by atoms with Crippen LogP contribution in [-0.4, -0.2) is 40.0 Å². The van der Waals surface area contributed by atoms with Crippen LogP contribution in [0.2, 0.25) is 0 Å². The SMILES string of the molecule is CC(CC(=O)N1CCNCC1c1nccn1C)c1ccc(F)cc1.Cl. The smallest absolute Gasteiger partial charge is 0.223 e. The van der Waals surface area contributed by atoms with E-state index < -0.39 is 0 Å². The normalized spacial score (nSPS) is 18.5. The zero-order valence-electron chi connectivity index (χ0n) is 14.5. The van der Waals surface area contributed by atoms with Gasteiger partial charge in [-0.2, -0.15) is 0 Å². The lowest BCUT2D eigenvalue weighted by atomic mass is 9.96. The monoisotopic (exact) mass is 366 g/mol. The Kier molecular flexibility index (Phi) is 6.56. The second-order valence-corrected chi connectivity index (χ2v) is 6.36. The first-order valence-electron chi connectivity index (χ1n) is 8.29. The molecule has 0 spiro atoms. The van der Waals surface area contributed by atoms with E-state index in [9.17, 15) is 9.18 Å². The highest BCUT2D eigenvalue weighted by Crippen LogP contribution is 2.25. The number of carbonyl (C=O) groups is 1. The number of aromatic nitrogens is 2. The molecule has 2 unspecified atom stereocenters. The van der Waals surface area contributed by atoms with Crippen LogP contribution in [0.15, 0.2) is 36.7 Å². The number of amides is 1. The van der Waals surface area contributed by atoms with Crippen LogP contribution in [0.1, 0.15) is 36.7 Å². The van der Waals surface area contributed by atoms with Gasteiger partial charge >= 0.3 is 0 Å². The summed E-state index contributed by atoms with van der Waals surface area (Å²) in [6.45, 7) is 4.18. The standard InChI is InChI=1S/C18H23FN4O.ClH/c1-13(14-3-5-15(19)6-4-14)11-17(24)23-10-7-20-12-16(23)18-21-8-9-22(18)2;/h3-6,8-9,13,16,20H,7,10-12H2,1-2H3;1H. The average molecular weight is 367 g/mol. The van der Waals surface area contributed by atoms with Gasteiger partial charge in [0.15, 0.2) is 0 Å². The van der Waals surface area contributed by atoms with Crippen LogP contribution in [0.5, 0.6) is 0 Å². The van der Waals surface area contributed by atoms with Crippen LogP contribution in [-0.2, 0) is 11.8 Å². The van der Waals surface area contributed by atoms with Gasteiger partial charge in [-0.3, -0.25) is 4.79 Å². The van der Waals surface area contributed by atoms with Crippen LogP contribution >= 0.6 is 12.4 Å². The maximum absolute atomic E-state index is 13.1. The third kappa shape index (κ3) is 4.38. The summed E-state index contributed by atoms with van der Waals surface area (Å²) in [6.07, 6.45) is 4.06. The summed E-state index contributed by atoms with van der Waals surface area (Å²) in [5, 5.41) is 3.34. The third-order valence-electron chi connectivity index (χ3n) is 4.64. The molecule has 7 heteroatoms. The molecule has 1 aliphatic rings. The van der Waals surface area contributed by atoms with Crippen molar-refractivity contribution < 1.29 is 9.18 Å². The van der Waals surface area contributed by atoms with Crippen molar-refractivity contribution in [2.75, 3.05) is 19.6 Å². The van der Waals surface area contributed by atoms with Crippen LogP contribution < -0.4 is 5.32 Å². The lowest BCUT2D eigenvalue weighted by Gasteiger charge is -2.36. The fourth-order valence-electron chi connectivity index (χ4n) is 3.22. The Bertz CT molecular complexity index is 703. The molecule has 0 radical (unpaired) electrons. The van der Waals surface area contributed by atoms with Crippen LogP contribution in [0.4, 0.5) is 4.39 Å². The minimum atomic E-state index is -0.255. The highest BCUT2D eigenvalue weighted by atomic mass is 35.5. The van der Waals surface area contributed by atoms with Gasteiger partial charge in [0.2, 0.25) is 5.91 Å². The molecular formula is C18H24ClFN4O. The quantitative estimate of drug-likeness (QED) is 0.905. The molecule has 1 aromatic carbocycles. The molecule has 2 heterocycles. The molecule has 1 saturated heterocycles. The Labute approximate surface area is 153 Å². The number of benzene rings is 1. The fraction of sp³-hybridized carbons (Fsp3) is 0.444. The Morgan fingerprint density at radius 2 is 2.12 bits per heavy atom. The van der Waals surface area contributed by atoms with Crippen LogP contribution in [0.3, 0.4) is 0 Å². The van der Waals surface area contributed by atoms with Crippen molar-refractivity contribution in [3.63, 3.8) is 0 Å². The van der Waals surface area contributed by atoms with Gasteiger partial charge in [0, 0.05) is 45.5 Å². The summed E-state index contributed by atoms with van der Waals surface area (Å²) in [6, 6.07) is 6.34. The van der Waals surface area contributed by atoms with E-state index in [1.807, 2.05) is 29.6 Å². The van der Waals surface area contributed by atoms with Crippen molar-refractivity contribution in [3.05, 3.63) is 53.9 Å². The summed E-state index contributed by atoms with van der Waals surface area (Å²) < 4.78 is 15.0. The van der Waals surface area contributed by atoms with Crippen molar-refractivity contribution in [2.24, 2.45) is 7.05 Å². The number of nitrogens with zero attached hydrogens (tertiary/aromatic N) is 3. The number of hydrogen-bond donors (Lipinski definition) is 1. The molecule has 2 atom stereocenters. The predicted molar refractivity (Wildman–Crippen MR) is 97.2 cm³/mol. The van der Waals surface area contributed by atoms with Gasteiger partial charge in [0.05, 0.1) is 0 Å². The summed E-state index contributed by atoms with van der Waals surface area (Å²) in [5.74, 6) is 0.801. The Morgan fingerprint density at radius 3 is 2.76 bits per heavy atom. The Morgan fingerprint density at radius 1 is 1.40 bits per heavy atom. The summed E-state index contributed by atoms with van der Waals surface area (Å²) in [4.78, 5) is 19.2. The molecule has 3 rings (SSSR count). The number of rotatable bonds is 4. The second-order valence-electron chi connectivity index (χ2n) is 6.36. The van der Waals surface area contributed by atoms with Crippen molar-refractivity contribution in [1.29, 1.82) is 0 Å². The highest BCUT2D eigenvalue weighted by Gasteiger charge is 2.31. The second kappa shape index (κ2) is 8.45. The molecular weight excluding hydrogens is 343 g/mol. The molecule has 0 aliphatic carbocycles. The van der Waals surface area contributed by atoms with Crippen molar-refractivity contribution in [2.45, 2.75) is 25.3 Å². The molecule has 1 amide bonds. The zero-order chi connectivity index (χ0) is 17.1. The third-order valence-corrected chi connectivity index (χ3v) is 4.64. The van der Waals surface area contributed by atoms with Gasteiger partial charge in [0.25, 0.3) is 0 Å². The minimum absolute atomic E-state index is 0. The molecule has 0 bridgehead atoms. The molecule has 1 aliphatic heterocycles. The molecule has 5 nitrogen and oxygen atoms in total. The van der Waals surface area contributed by atoms with E-state index in [0.717, 1.165) is 17.9 Å². The van der Waals surface area contributed by atoms with E-state index in [1.165, 1.54) is 12.1 Å². The number of halogens is 2. The molecule has 1 aromatic heterocycles. The van der Waals surface area contributed by atoms with E-state index in [1.54, 1.807) is 18.3 Å². The Balaban J connectivity index is 0.00000225. The summed E-state index contributed by atoms with van der Waals surface area (Å²) in [5.41, 5.74) is 0.980. The molecule has 0 saturated carbocycles. The van der Waals surface area contributed by atoms with Gasteiger partial charge in [-0.15, -0.1) is 12.4 Å². The molecule has 2 aromatic rings. The average Bonchev–Trinajstić information content (AvgIpc) is 3.01. The lowest BCUT2D eigenvalue weighted by molar-refractivity contribution is -0.135.